The van der Waals surface area contributed by atoms with Crippen molar-refractivity contribution >= 4 is 5.82 Å². The third-order valence-electron chi connectivity index (χ3n) is 2.27. The molecule has 14 heavy (non-hydrogen) atoms. The first-order valence-electron chi connectivity index (χ1n) is 4.60. The molecule has 3 heteroatoms. The molecule has 0 saturated heterocycles. The fourth-order valence-electron chi connectivity index (χ4n) is 1.46. The zero-order valence-electron chi connectivity index (χ0n) is 8.33. The van der Waals surface area contributed by atoms with E-state index < -0.39 is 0 Å². The lowest BCUT2D eigenvalue weighted by molar-refractivity contribution is 1.09. The van der Waals surface area contributed by atoms with Crippen LogP contribution in [0.4, 0.5) is 5.82 Å². The third kappa shape index (κ3) is 1.48. The van der Waals surface area contributed by atoms with E-state index in [4.69, 9.17) is 0 Å². The summed E-state index contributed by atoms with van der Waals surface area (Å²) in [6, 6.07) is 10.2. The fourth-order valence-corrected chi connectivity index (χ4v) is 1.46. The first-order valence-corrected chi connectivity index (χ1v) is 4.60. The summed E-state index contributed by atoms with van der Waals surface area (Å²) in [5, 5.41) is 10.1. The van der Waals surface area contributed by atoms with Crippen molar-refractivity contribution < 1.29 is 0 Å². The van der Waals surface area contributed by atoms with Crippen LogP contribution in [0.15, 0.2) is 30.3 Å². The Labute approximate surface area is 83.2 Å². The second-order valence-electron chi connectivity index (χ2n) is 3.23. The van der Waals surface area contributed by atoms with Crippen LogP contribution in [-0.2, 0) is 0 Å². The summed E-state index contributed by atoms with van der Waals surface area (Å²) in [5.41, 5.74) is 3.49. The average Bonchev–Trinajstić information content (AvgIpc) is 2.67. The van der Waals surface area contributed by atoms with Gasteiger partial charge in [-0.15, -0.1) is 0 Å². The molecule has 0 aliphatic heterocycles. The first kappa shape index (κ1) is 8.81. The van der Waals surface area contributed by atoms with Crippen molar-refractivity contribution in [2.75, 3.05) is 12.4 Å². The highest BCUT2D eigenvalue weighted by Crippen LogP contribution is 2.22. The van der Waals surface area contributed by atoms with Gasteiger partial charge in [-0.1, -0.05) is 24.3 Å². The normalized spacial score (nSPS) is 10.1. The van der Waals surface area contributed by atoms with Gasteiger partial charge in [0.2, 0.25) is 0 Å². The Hall–Kier alpha value is -1.77. The third-order valence-corrected chi connectivity index (χ3v) is 2.27. The largest absolute Gasteiger partial charge is 0.372 e. The Morgan fingerprint density at radius 2 is 2.07 bits per heavy atom. The second kappa shape index (κ2) is 3.54. The summed E-state index contributed by atoms with van der Waals surface area (Å²) < 4.78 is 0. The van der Waals surface area contributed by atoms with E-state index in [9.17, 15) is 0 Å². The van der Waals surface area contributed by atoms with E-state index in [1.165, 1.54) is 11.1 Å². The number of aromatic nitrogens is 2. The molecule has 0 aliphatic rings. The topological polar surface area (TPSA) is 40.7 Å². The number of anilines is 1. The highest BCUT2D eigenvalue weighted by Gasteiger charge is 2.03. The molecular formula is C11H13N3. The first-order chi connectivity index (χ1) is 6.81. The molecule has 72 valence electrons. The maximum Gasteiger partial charge on any atom is 0.148 e. The van der Waals surface area contributed by atoms with E-state index in [0.29, 0.717) is 0 Å². The van der Waals surface area contributed by atoms with E-state index in [-0.39, 0.29) is 0 Å². The van der Waals surface area contributed by atoms with E-state index in [0.717, 1.165) is 11.5 Å². The molecule has 0 atom stereocenters. The number of aryl methyl sites for hydroxylation is 1. The maximum absolute atomic E-state index is 4.12. The molecule has 1 aromatic carbocycles. The number of H-pyrrole nitrogens is 1. The molecule has 0 saturated carbocycles. The van der Waals surface area contributed by atoms with E-state index in [1.807, 2.05) is 25.2 Å². The van der Waals surface area contributed by atoms with Crippen LogP contribution in [0, 0.1) is 6.92 Å². The summed E-state index contributed by atoms with van der Waals surface area (Å²) in [7, 11) is 1.86. The van der Waals surface area contributed by atoms with Gasteiger partial charge in [-0.3, -0.25) is 5.10 Å². The number of nitrogens with one attached hydrogen (secondary N) is 2. The highest BCUT2D eigenvalue weighted by molar-refractivity contribution is 5.65. The molecule has 1 aromatic heterocycles. The van der Waals surface area contributed by atoms with Gasteiger partial charge in [0.15, 0.2) is 0 Å². The maximum atomic E-state index is 4.12. The van der Waals surface area contributed by atoms with E-state index in [2.05, 4.69) is 34.6 Å². The van der Waals surface area contributed by atoms with Gasteiger partial charge in [-0.05, 0) is 12.5 Å². The van der Waals surface area contributed by atoms with Crippen LogP contribution in [0.25, 0.3) is 11.3 Å². The van der Waals surface area contributed by atoms with Gasteiger partial charge in [0.1, 0.15) is 5.82 Å². The molecule has 1 heterocycles. The molecule has 0 spiro atoms. The van der Waals surface area contributed by atoms with Crippen LogP contribution in [-0.4, -0.2) is 17.2 Å². The van der Waals surface area contributed by atoms with Gasteiger partial charge < -0.3 is 5.32 Å². The zero-order chi connectivity index (χ0) is 9.97. The van der Waals surface area contributed by atoms with Crippen molar-refractivity contribution in [3.8, 4) is 11.3 Å². The average molecular weight is 187 g/mol. The van der Waals surface area contributed by atoms with Gasteiger partial charge in [-0.2, -0.15) is 5.10 Å². The minimum absolute atomic E-state index is 0.864. The lowest BCUT2D eigenvalue weighted by Gasteiger charge is -2.00. The molecule has 0 radical (unpaired) electrons. The number of aromatic amines is 1. The molecule has 3 nitrogen and oxygen atoms in total. The van der Waals surface area contributed by atoms with Crippen LogP contribution in [0.1, 0.15) is 5.56 Å². The van der Waals surface area contributed by atoms with Crippen LogP contribution in [0.5, 0.6) is 0 Å². The quantitative estimate of drug-likeness (QED) is 0.758. The van der Waals surface area contributed by atoms with Gasteiger partial charge >= 0.3 is 0 Å². The monoisotopic (exact) mass is 187 g/mol. The summed E-state index contributed by atoms with van der Waals surface area (Å²) in [5.74, 6) is 0.864. The Kier molecular flexibility index (Phi) is 2.23. The van der Waals surface area contributed by atoms with Gasteiger partial charge in [0, 0.05) is 18.7 Å². The summed E-state index contributed by atoms with van der Waals surface area (Å²) >= 11 is 0. The Morgan fingerprint density at radius 3 is 2.71 bits per heavy atom. The predicted molar refractivity (Wildman–Crippen MR) is 58.3 cm³/mol. The minimum Gasteiger partial charge on any atom is -0.372 e. The molecule has 0 aliphatic carbocycles. The van der Waals surface area contributed by atoms with Crippen molar-refractivity contribution in [2.45, 2.75) is 6.92 Å². The molecule has 2 N–H and O–H groups in total. The number of hydrogen-bond donors (Lipinski definition) is 2. The molecule has 0 amide bonds. The van der Waals surface area contributed by atoms with Crippen LogP contribution in [0.3, 0.4) is 0 Å². The predicted octanol–water partition coefficient (Wildman–Crippen LogP) is 2.43. The Bertz CT molecular complexity index is 432. The Morgan fingerprint density at radius 1 is 1.29 bits per heavy atom. The second-order valence-corrected chi connectivity index (χ2v) is 3.23. The molecule has 0 fully saturated rings. The smallest absolute Gasteiger partial charge is 0.148 e. The van der Waals surface area contributed by atoms with Crippen LogP contribution >= 0.6 is 0 Å². The SMILES string of the molecule is CNc1cc(-c2ccccc2C)[nH]n1. The molecule has 2 aromatic rings. The molecule has 0 bridgehead atoms. The van der Waals surface area contributed by atoms with Crippen molar-refractivity contribution in [1.29, 1.82) is 0 Å². The van der Waals surface area contributed by atoms with Crippen molar-refractivity contribution in [2.24, 2.45) is 0 Å². The fraction of sp³-hybridized carbons (Fsp3) is 0.182. The Balaban J connectivity index is 2.44. The lowest BCUT2D eigenvalue weighted by atomic mass is 10.1. The van der Waals surface area contributed by atoms with Crippen LogP contribution < -0.4 is 5.32 Å². The molecule has 0 unspecified atom stereocenters. The van der Waals surface area contributed by atoms with Gasteiger partial charge in [0.05, 0.1) is 5.69 Å². The zero-order valence-corrected chi connectivity index (χ0v) is 8.33. The van der Waals surface area contributed by atoms with E-state index >= 15 is 0 Å². The highest BCUT2D eigenvalue weighted by atomic mass is 15.2. The number of benzene rings is 1. The standard InChI is InChI=1S/C11H13N3/c1-8-5-3-4-6-9(8)10-7-11(12-2)14-13-10/h3-7H,1-2H3,(H2,12,13,14). The summed E-state index contributed by atoms with van der Waals surface area (Å²) in [4.78, 5) is 0. The van der Waals surface area contributed by atoms with Crippen LogP contribution in [0.2, 0.25) is 0 Å². The summed E-state index contributed by atoms with van der Waals surface area (Å²) in [6.45, 7) is 2.09. The van der Waals surface area contributed by atoms with Gasteiger partial charge in [0.25, 0.3) is 0 Å². The lowest BCUT2D eigenvalue weighted by Crippen LogP contribution is -1.85. The van der Waals surface area contributed by atoms with Crippen molar-refractivity contribution in [3.05, 3.63) is 35.9 Å². The van der Waals surface area contributed by atoms with Crippen molar-refractivity contribution in [3.63, 3.8) is 0 Å². The van der Waals surface area contributed by atoms with Gasteiger partial charge in [-0.25, -0.2) is 0 Å². The molecular weight excluding hydrogens is 174 g/mol. The number of nitrogens with zero attached hydrogens (tertiary/aromatic N) is 1. The van der Waals surface area contributed by atoms with Crippen molar-refractivity contribution in [1.82, 2.24) is 10.2 Å². The number of rotatable bonds is 2. The molecule has 2 rings (SSSR count). The minimum atomic E-state index is 0.864. The number of hydrogen-bond acceptors (Lipinski definition) is 2. The van der Waals surface area contributed by atoms with E-state index in [1.54, 1.807) is 0 Å². The summed E-state index contributed by atoms with van der Waals surface area (Å²) in [6.07, 6.45) is 0.